The predicted molar refractivity (Wildman–Crippen MR) is 78.2 cm³/mol. The standard InChI is InChI=1S/C13H11ClN2O3S/c1-15(8-11-5-6-12(14)20-11)13(17)9-3-2-4-10(7-9)16(18)19/h2-7H,8H2,1H3. The lowest BCUT2D eigenvalue weighted by molar-refractivity contribution is -0.384. The molecule has 2 rings (SSSR count). The van der Waals surface area contributed by atoms with Crippen LogP contribution in [0.1, 0.15) is 15.2 Å². The third-order valence-electron chi connectivity index (χ3n) is 2.67. The fourth-order valence-corrected chi connectivity index (χ4v) is 2.86. The molecule has 2 aromatic rings. The van der Waals surface area contributed by atoms with E-state index < -0.39 is 4.92 Å². The number of non-ortho nitro benzene ring substituents is 1. The Morgan fingerprint density at radius 1 is 1.40 bits per heavy atom. The number of halogens is 1. The summed E-state index contributed by atoms with van der Waals surface area (Å²) in [6.45, 7) is 0.416. The Balaban J connectivity index is 2.14. The van der Waals surface area contributed by atoms with E-state index in [2.05, 4.69) is 0 Å². The summed E-state index contributed by atoms with van der Waals surface area (Å²) in [6, 6.07) is 9.32. The summed E-state index contributed by atoms with van der Waals surface area (Å²) >= 11 is 7.24. The minimum Gasteiger partial charge on any atom is -0.337 e. The largest absolute Gasteiger partial charge is 0.337 e. The number of nitro benzene ring substituents is 1. The number of benzene rings is 1. The summed E-state index contributed by atoms with van der Waals surface area (Å²) in [5.41, 5.74) is 0.202. The van der Waals surface area contributed by atoms with Crippen molar-refractivity contribution in [2.75, 3.05) is 7.05 Å². The second-order valence-electron chi connectivity index (χ2n) is 4.17. The SMILES string of the molecule is CN(Cc1ccc(Cl)s1)C(=O)c1cccc([N+](=O)[O-])c1. The van der Waals surface area contributed by atoms with Crippen molar-refractivity contribution in [3.8, 4) is 0 Å². The van der Waals surface area contributed by atoms with Crippen LogP contribution < -0.4 is 0 Å². The predicted octanol–water partition coefficient (Wildman–Crippen LogP) is 3.58. The minimum absolute atomic E-state index is 0.0941. The molecule has 0 aliphatic heterocycles. The quantitative estimate of drug-likeness (QED) is 0.640. The number of carbonyl (C=O) groups excluding carboxylic acids is 1. The van der Waals surface area contributed by atoms with E-state index in [9.17, 15) is 14.9 Å². The van der Waals surface area contributed by atoms with Crippen molar-refractivity contribution >= 4 is 34.5 Å². The molecule has 1 heterocycles. The third-order valence-corrected chi connectivity index (χ3v) is 3.89. The zero-order chi connectivity index (χ0) is 14.7. The molecule has 1 aromatic heterocycles. The summed E-state index contributed by atoms with van der Waals surface area (Å²) in [5, 5.41) is 10.7. The zero-order valence-electron chi connectivity index (χ0n) is 10.6. The smallest absolute Gasteiger partial charge is 0.270 e. The number of hydrogen-bond donors (Lipinski definition) is 0. The van der Waals surface area contributed by atoms with Gasteiger partial charge < -0.3 is 4.90 Å². The van der Waals surface area contributed by atoms with Gasteiger partial charge in [0.25, 0.3) is 11.6 Å². The maximum atomic E-state index is 12.2. The van der Waals surface area contributed by atoms with E-state index in [-0.39, 0.29) is 11.6 Å². The molecule has 0 bridgehead atoms. The van der Waals surface area contributed by atoms with Crippen molar-refractivity contribution in [1.82, 2.24) is 4.90 Å². The van der Waals surface area contributed by atoms with Gasteiger partial charge in [0.1, 0.15) is 0 Å². The van der Waals surface area contributed by atoms with Crippen LogP contribution in [0.3, 0.4) is 0 Å². The van der Waals surface area contributed by atoms with Gasteiger partial charge in [0.05, 0.1) is 15.8 Å². The molecule has 104 valence electrons. The molecule has 0 saturated heterocycles. The van der Waals surface area contributed by atoms with Gasteiger partial charge in [0.15, 0.2) is 0 Å². The topological polar surface area (TPSA) is 63.5 Å². The first kappa shape index (κ1) is 14.5. The van der Waals surface area contributed by atoms with Crippen LogP contribution in [0, 0.1) is 10.1 Å². The Bertz CT molecular complexity index is 657. The highest BCUT2D eigenvalue weighted by molar-refractivity contribution is 7.16. The van der Waals surface area contributed by atoms with Gasteiger partial charge in [-0.3, -0.25) is 14.9 Å². The minimum atomic E-state index is -0.518. The van der Waals surface area contributed by atoms with Crippen LogP contribution >= 0.6 is 22.9 Å². The van der Waals surface area contributed by atoms with Crippen molar-refractivity contribution in [1.29, 1.82) is 0 Å². The Hall–Kier alpha value is -1.92. The second-order valence-corrected chi connectivity index (χ2v) is 5.97. The van der Waals surface area contributed by atoms with Gasteiger partial charge in [0, 0.05) is 29.6 Å². The maximum absolute atomic E-state index is 12.2. The molecular weight excluding hydrogens is 300 g/mol. The average Bonchev–Trinajstić information content (AvgIpc) is 2.83. The van der Waals surface area contributed by atoms with Crippen LogP contribution in [-0.4, -0.2) is 22.8 Å². The molecule has 0 aliphatic carbocycles. The van der Waals surface area contributed by atoms with Gasteiger partial charge in [-0.15, -0.1) is 11.3 Å². The van der Waals surface area contributed by atoms with Crippen molar-refractivity contribution in [2.45, 2.75) is 6.54 Å². The molecule has 1 amide bonds. The molecule has 0 radical (unpaired) electrons. The van der Waals surface area contributed by atoms with Crippen LogP contribution in [0.2, 0.25) is 4.34 Å². The molecule has 0 fully saturated rings. The summed E-state index contributed by atoms with van der Waals surface area (Å²) in [4.78, 5) is 24.9. The van der Waals surface area contributed by atoms with E-state index >= 15 is 0 Å². The molecule has 0 unspecified atom stereocenters. The van der Waals surface area contributed by atoms with Crippen LogP contribution in [-0.2, 0) is 6.54 Å². The van der Waals surface area contributed by atoms with Crippen molar-refractivity contribution in [3.05, 3.63) is 61.3 Å². The maximum Gasteiger partial charge on any atom is 0.270 e. The van der Waals surface area contributed by atoms with Crippen LogP contribution in [0.15, 0.2) is 36.4 Å². The zero-order valence-corrected chi connectivity index (χ0v) is 12.1. The van der Waals surface area contributed by atoms with Gasteiger partial charge in [0.2, 0.25) is 0 Å². The number of nitrogens with zero attached hydrogens (tertiary/aromatic N) is 2. The highest BCUT2D eigenvalue weighted by Gasteiger charge is 2.16. The molecular formula is C13H11ClN2O3S. The Labute approximate surface area is 124 Å². The van der Waals surface area contributed by atoms with Crippen molar-refractivity contribution in [3.63, 3.8) is 0 Å². The molecule has 0 saturated carbocycles. The summed E-state index contributed by atoms with van der Waals surface area (Å²) in [7, 11) is 1.65. The number of nitro groups is 1. The van der Waals surface area contributed by atoms with Crippen LogP contribution in [0.25, 0.3) is 0 Å². The molecule has 5 nitrogen and oxygen atoms in total. The van der Waals surface area contributed by atoms with Crippen molar-refractivity contribution in [2.24, 2.45) is 0 Å². The molecule has 0 atom stereocenters. The first-order chi connectivity index (χ1) is 9.47. The first-order valence-electron chi connectivity index (χ1n) is 5.71. The molecule has 0 N–H and O–H groups in total. The highest BCUT2D eigenvalue weighted by atomic mass is 35.5. The van der Waals surface area contributed by atoms with Gasteiger partial charge in [-0.1, -0.05) is 17.7 Å². The molecule has 7 heteroatoms. The third kappa shape index (κ3) is 3.34. The number of amides is 1. The Morgan fingerprint density at radius 3 is 2.75 bits per heavy atom. The number of thiophene rings is 1. The fourth-order valence-electron chi connectivity index (χ4n) is 1.72. The van der Waals surface area contributed by atoms with Gasteiger partial charge >= 0.3 is 0 Å². The van der Waals surface area contributed by atoms with Crippen LogP contribution in [0.4, 0.5) is 5.69 Å². The molecule has 0 aliphatic rings. The molecule has 1 aromatic carbocycles. The summed E-state index contributed by atoms with van der Waals surface area (Å²) in [5.74, 6) is -0.266. The van der Waals surface area contributed by atoms with E-state index in [0.717, 1.165) is 4.88 Å². The Kier molecular flexibility index (Phi) is 4.36. The number of rotatable bonds is 4. The molecule has 20 heavy (non-hydrogen) atoms. The van der Waals surface area contributed by atoms with E-state index in [4.69, 9.17) is 11.6 Å². The monoisotopic (exact) mass is 310 g/mol. The van der Waals surface area contributed by atoms with Gasteiger partial charge in [-0.05, 0) is 18.2 Å². The second kappa shape index (κ2) is 6.02. The van der Waals surface area contributed by atoms with E-state index in [0.29, 0.717) is 16.4 Å². The normalized spacial score (nSPS) is 10.3. The molecule has 0 spiro atoms. The van der Waals surface area contributed by atoms with E-state index in [1.807, 2.05) is 6.07 Å². The lowest BCUT2D eigenvalue weighted by atomic mass is 10.2. The first-order valence-corrected chi connectivity index (χ1v) is 6.91. The summed E-state index contributed by atoms with van der Waals surface area (Å²) < 4.78 is 0.663. The fraction of sp³-hybridized carbons (Fsp3) is 0.154. The van der Waals surface area contributed by atoms with Gasteiger partial charge in [-0.25, -0.2) is 0 Å². The highest BCUT2D eigenvalue weighted by Crippen LogP contribution is 2.23. The van der Waals surface area contributed by atoms with E-state index in [1.165, 1.54) is 34.4 Å². The summed E-state index contributed by atoms with van der Waals surface area (Å²) in [6.07, 6.45) is 0. The average molecular weight is 311 g/mol. The van der Waals surface area contributed by atoms with E-state index in [1.54, 1.807) is 19.2 Å². The number of carbonyl (C=O) groups is 1. The number of hydrogen-bond acceptors (Lipinski definition) is 4. The lowest BCUT2D eigenvalue weighted by Gasteiger charge is -2.16. The Morgan fingerprint density at radius 2 is 2.15 bits per heavy atom. The van der Waals surface area contributed by atoms with Crippen molar-refractivity contribution < 1.29 is 9.72 Å². The van der Waals surface area contributed by atoms with Gasteiger partial charge in [-0.2, -0.15) is 0 Å². The lowest BCUT2D eigenvalue weighted by Crippen LogP contribution is -2.25. The van der Waals surface area contributed by atoms with Crippen LogP contribution in [0.5, 0.6) is 0 Å².